The Hall–Kier alpha value is -1.22. The number of carbonyl (C=O) groups is 1. The van der Waals surface area contributed by atoms with Crippen LogP contribution in [0.3, 0.4) is 0 Å². The quantitative estimate of drug-likeness (QED) is 0.783. The summed E-state index contributed by atoms with van der Waals surface area (Å²) in [5, 5.41) is 1.98. The first kappa shape index (κ1) is 11.3. The Bertz CT molecular complexity index is 440. The van der Waals surface area contributed by atoms with Crippen molar-refractivity contribution < 1.29 is 4.79 Å². The third-order valence-electron chi connectivity index (χ3n) is 2.70. The Balaban J connectivity index is 2.17. The standard InChI is InChI=1S/C13H15NOS/c1-10-3-4-12(11(2)7-10)8-14-5-6-16-9-13(14)15/h3-7H,8-9H2,1-2H3. The maximum atomic E-state index is 11.6. The molecule has 0 aromatic heterocycles. The van der Waals surface area contributed by atoms with E-state index < -0.39 is 0 Å². The van der Waals surface area contributed by atoms with Gasteiger partial charge in [0.15, 0.2) is 0 Å². The van der Waals surface area contributed by atoms with Crippen molar-refractivity contribution in [3.05, 3.63) is 46.5 Å². The SMILES string of the molecule is Cc1ccc(CN2C=CSCC2=O)c(C)c1. The van der Waals surface area contributed by atoms with Gasteiger partial charge in [0.25, 0.3) is 0 Å². The minimum absolute atomic E-state index is 0.187. The zero-order valence-electron chi connectivity index (χ0n) is 9.56. The minimum atomic E-state index is 0.187. The highest BCUT2D eigenvalue weighted by Gasteiger charge is 2.15. The Morgan fingerprint density at radius 1 is 1.38 bits per heavy atom. The second-order valence-corrected chi connectivity index (χ2v) is 4.94. The van der Waals surface area contributed by atoms with E-state index in [0.29, 0.717) is 12.3 Å². The first-order valence-electron chi connectivity index (χ1n) is 5.31. The predicted octanol–water partition coefficient (Wildman–Crippen LogP) is 2.85. The first-order valence-corrected chi connectivity index (χ1v) is 6.35. The monoisotopic (exact) mass is 233 g/mol. The van der Waals surface area contributed by atoms with Crippen molar-refractivity contribution >= 4 is 17.7 Å². The molecule has 0 atom stereocenters. The van der Waals surface area contributed by atoms with Crippen LogP contribution in [0.5, 0.6) is 0 Å². The number of aryl methyl sites for hydroxylation is 2. The summed E-state index contributed by atoms with van der Waals surface area (Å²) in [7, 11) is 0. The molecule has 0 saturated carbocycles. The van der Waals surface area contributed by atoms with Crippen LogP contribution in [0, 0.1) is 13.8 Å². The van der Waals surface area contributed by atoms with Crippen molar-refractivity contribution in [2.75, 3.05) is 5.75 Å². The first-order chi connectivity index (χ1) is 7.66. The van der Waals surface area contributed by atoms with Crippen LogP contribution in [0.2, 0.25) is 0 Å². The minimum Gasteiger partial charge on any atom is -0.313 e. The Labute approximate surface area is 100 Å². The highest BCUT2D eigenvalue weighted by Crippen LogP contribution is 2.18. The van der Waals surface area contributed by atoms with Crippen molar-refractivity contribution in [3.8, 4) is 0 Å². The van der Waals surface area contributed by atoms with Crippen molar-refractivity contribution in [1.82, 2.24) is 4.90 Å². The lowest BCUT2D eigenvalue weighted by atomic mass is 10.1. The Morgan fingerprint density at radius 3 is 2.88 bits per heavy atom. The summed E-state index contributed by atoms with van der Waals surface area (Å²) in [6.45, 7) is 4.86. The van der Waals surface area contributed by atoms with Gasteiger partial charge in [0, 0.05) is 6.20 Å². The van der Waals surface area contributed by atoms with Crippen LogP contribution in [0.1, 0.15) is 16.7 Å². The topological polar surface area (TPSA) is 20.3 Å². The second kappa shape index (κ2) is 4.74. The summed E-state index contributed by atoms with van der Waals surface area (Å²) in [6, 6.07) is 6.35. The summed E-state index contributed by atoms with van der Waals surface area (Å²) in [6.07, 6.45) is 1.87. The lowest BCUT2D eigenvalue weighted by Crippen LogP contribution is -2.28. The van der Waals surface area contributed by atoms with Crippen LogP contribution >= 0.6 is 11.8 Å². The van der Waals surface area contributed by atoms with Crippen LogP contribution in [0.25, 0.3) is 0 Å². The van der Waals surface area contributed by atoms with Crippen LogP contribution in [-0.4, -0.2) is 16.6 Å². The summed E-state index contributed by atoms with van der Waals surface area (Å²) < 4.78 is 0. The molecule has 16 heavy (non-hydrogen) atoms. The molecule has 1 aromatic carbocycles. The fourth-order valence-electron chi connectivity index (χ4n) is 1.75. The molecule has 2 rings (SSSR count). The van der Waals surface area contributed by atoms with Gasteiger partial charge in [-0.25, -0.2) is 0 Å². The molecule has 1 aliphatic heterocycles. The highest BCUT2D eigenvalue weighted by atomic mass is 32.2. The smallest absolute Gasteiger partial charge is 0.237 e. The molecule has 1 heterocycles. The van der Waals surface area contributed by atoms with Crippen molar-refractivity contribution in [2.24, 2.45) is 0 Å². The number of rotatable bonds is 2. The molecular weight excluding hydrogens is 218 g/mol. The third kappa shape index (κ3) is 2.47. The van der Waals surface area contributed by atoms with Gasteiger partial charge >= 0.3 is 0 Å². The van der Waals surface area contributed by atoms with Gasteiger partial charge in [0.2, 0.25) is 5.91 Å². The van der Waals surface area contributed by atoms with Gasteiger partial charge < -0.3 is 4.90 Å². The number of thioether (sulfide) groups is 1. The highest BCUT2D eigenvalue weighted by molar-refractivity contribution is 8.02. The predicted molar refractivity (Wildman–Crippen MR) is 68.1 cm³/mol. The van der Waals surface area contributed by atoms with Crippen molar-refractivity contribution in [1.29, 1.82) is 0 Å². The maximum absolute atomic E-state index is 11.6. The van der Waals surface area contributed by atoms with E-state index in [1.54, 1.807) is 16.7 Å². The van der Waals surface area contributed by atoms with Gasteiger partial charge in [0.1, 0.15) is 0 Å². The van der Waals surface area contributed by atoms with Crippen LogP contribution in [-0.2, 0) is 11.3 Å². The van der Waals surface area contributed by atoms with Gasteiger partial charge in [-0.3, -0.25) is 4.79 Å². The average Bonchev–Trinajstić information content (AvgIpc) is 2.25. The molecule has 3 heteroatoms. The molecule has 0 aliphatic carbocycles. The van der Waals surface area contributed by atoms with Gasteiger partial charge in [0.05, 0.1) is 12.3 Å². The van der Waals surface area contributed by atoms with E-state index >= 15 is 0 Å². The van der Waals surface area contributed by atoms with Crippen LogP contribution < -0.4 is 0 Å². The molecule has 1 aliphatic rings. The molecule has 0 radical (unpaired) electrons. The molecule has 0 spiro atoms. The molecule has 0 bridgehead atoms. The van der Waals surface area contributed by atoms with E-state index in [2.05, 4.69) is 32.0 Å². The number of carbonyl (C=O) groups excluding carboxylic acids is 1. The van der Waals surface area contributed by atoms with Gasteiger partial charge in [-0.15, -0.1) is 11.8 Å². The third-order valence-corrected chi connectivity index (χ3v) is 3.43. The fraction of sp³-hybridized carbons (Fsp3) is 0.308. The molecule has 84 valence electrons. The average molecular weight is 233 g/mol. The summed E-state index contributed by atoms with van der Waals surface area (Å²) in [4.78, 5) is 13.4. The van der Waals surface area contributed by atoms with Crippen molar-refractivity contribution in [3.63, 3.8) is 0 Å². The molecule has 0 fully saturated rings. The number of hydrogen-bond acceptors (Lipinski definition) is 2. The molecule has 0 saturated heterocycles. The largest absolute Gasteiger partial charge is 0.313 e. The molecule has 0 unspecified atom stereocenters. The van der Waals surface area contributed by atoms with E-state index in [-0.39, 0.29) is 5.91 Å². The maximum Gasteiger partial charge on any atom is 0.237 e. The summed E-state index contributed by atoms with van der Waals surface area (Å²) >= 11 is 1.55. The number of hydrogen-bond donors (Lipinski definition) is 0. The van der Waals surface area contributed by atoms with Gasteiger partial charge in [-0.05, 0) is 30.4 Å². The summed E-state index contributed by atoms with van der Waals surface area (Å²) in [5.41, 5.74) is 3.73. The zero-order valence-corrected chi connectivity index (χ0v) is 10.4. The fourth-order valence-corrected chi connectivity index (χ4v) is 2.39. The number of benzene rings is 1. The number of amides is 1. The summed E-state index contributed by atoms with van der Waals surface area (Å²) in [5.74, 6) is 0.744. The van der Waals surface area contributed by atoms with E-state index in [1.165, 1.54) is 16.7 Å². The van der Waals surface area contributed by atoms with Crippen LogP contribution in [0.15, 0.2) is 29.8 Å². The van der Waals surface area contributed by atoms with E-state index in [9.17, 15) is 4.79 Å². The zero-order chi connectivity index (χ0) is 11.5. The molecule has 1 amide bonds. The van der Waals surface area contributed by atoms with Crippen LogP contribution in [0.4, 0.5) is 0 Å². The molecule has 0 N–H and O–H groups in total. The lowest BCUT2D eigenvalue weighted by molar-refractivity contribution is -0.126. The Morgan fingerprint density at radius 2 is 2.19 bits per heavy atom. The molecular formula is C13H15NOS. The van der Waals surface area contributed by atoms with E-state index in [4.69, 9.17) is 0 Å². The Kier molecular flexibility index (Phi) is 3.34. The number of nitrogens with zero attached hydrogens (tertiary/aromatic N) is 1. The molecule has 1 aromatic rings. The second-order valence-electron chi connectivity index (χ2n) is 4.05. The molecule has 2 nitrogen and oxygen atoms in total. The normalized spacial score (nSPS) is 15.6. The van der Waals surface area contributed by atoms with Gasteiger partial charge in [-0.2, -0.15) is 0 Å². The van der Waals surface area contributed by atoms with E-state index in [1.807, 2.05) is 11.6 Å². The van der Waals surface area contributed by atoms with Gasteiger partial charge in [-0.1, -0.05) is 23.8 Å². The van der Waals surface area contributed by atoms with E-state index in [0.717, 1.165) is 0 Å². The van der Waals surface area contributed by atoms with Crippen molar-refractivity contribution in [2.45, 2.75) is 20.4 Å². The lowest BCUT2D eigenvalue weighted by Gasteiger charge is -2.22.